The third-order valence-electron chi connectivity index (χ3n) is 6.29. The molecule has 1 heterocycles. The Hall–Kier alpha value is -2.20. The molecule has 162 valence electrons. The lowest BCUT2D eigenvalue weighted by Gasteiger charge is -2.44. The van der Waals surface area contributed by atoms with Crippen molar-refractivity contribution in [1.29, 1.82) is 0 Å². The van der Waals surface area contributed by atoms with Crippen molar-refractivity contribution < 1.29 is 4.39 Å². The van der Waals surface area contributed by atoms with Gasteiger partial charge in [-0.2, -0.15) is 0 Å². The molecule has 3 aromatic carbocycles. The number of hydrogen-bond donors (Lipinski definition) is 0. The van der Waals surface area contributed by atoms with Crippen molar-refractivity contribution in [3.8, 4) is 0 Å². The number of benzene rings is 3. The summed E-state index contributed by atoms with van der Waals surface area (Å²) in [6, 6.07) is 22.3. The van der Waals surface area contributed by atoms with Gasteiger partial charge in [-0.3, -0.25) is 9.80 Å². The molecule has 3 aromatic rings. The van der Waals surface area contributed by atoms with Crippen LogP contribution in [0, 0.1) is 12.7 Å². The van der Waals surface area contributed by atoms with Crippen molar-refractivity contribution in [3.05, 3.63) is 105 Å². The van der Waals surface area contributed by atoms with Gasteiger partial charge in [0.25, 0.3) is 0 Å². The largest absolute Gasteiger partial charge is 0.280 e. The molecule has 31 heavy (non-hydrogen) atoms. The minimum Gasteiger partial charge on any atom is -0.280 e. The molecule has 1 aliphatic rings. The smallest absolute Gasteiger partial charge is 0.124 e. The number of aryl methyl sites for hydroxylation is 2. The zero-order valence-electron chi connectivity index (χ0n) is 18.3. The molecular formula is C27H30ClFN2. The molecular weight excluding hydrogens is 407 g/mol. The van der Waals surface area contributed by atoms with E-state index in [0.29, 0.717) is 11.6 Å². The van der Waals surface area contributed by atoms with Crippen LogP contribution in [0.2, 0.25) is 5.02 Å². The van der Waals surface area contributed by atoms with Crippen LogP contribution < -0.4 is 0 Å². The molecule has 0 bridgehead atoms. The van der Waals surface area contributed by atoms with Crippen LogP contribution in [0.5, 0.6) is 0 Å². The van der Waals surface area contributed by atoms with Crippen LogP contribution in [0.1, 0.15) is 47.3 Å². The summed E-state index contributed by atoms with van der Waals surface area (Å²) in [5, 5.41) is 0.496. The lowest BCUT2D eigenvalue weighted by atomic mass is 10.0. The summed E-state index contributed by atoms with van der Waals surface area (Å²) >= 11 is 6.39. The van der Waals surface area contributed by atoms with Crippen LogP contribution in [0.3, 0.4) is 0 Å². The van der Waals surface area contributed by atoms with E-state index >= 15 is 0 Å². The molecule has 0 unspecified atom stereocenters. The van der Waals surface area contributed by atoms with Crippen LogP contribution >= 0.6 is 11.6 Å². The first-order valence-electron chi connectivity index (χ1n) is 11.1. The van der Waals surface area contributed by atoms with Gasteiger partial charge in [0.2, 0.25) is 0 Å². The Kier molecular flexibility index (Phi) is 7.06. The Bertz CT molecular complexity index is 1020. The molecule has 4 rings (SSSR count). The van der Waals surface area contributed by atoms with E-state index < -0.39 is 0 Å². The molecule has 1 saturated heterocycles. The maximum Gasteiger partial charge on any atom is 0.124 e. The molecule has 1 atom stereocenters. The van der Waals surface area contributed by atoms with E-state index in [9.17, 15) is 4.39 Å². The standard InChI is InChI=1S/C27H30ClFN2/c1-3-21-9-11-22(12-10-21)27-30(18-23-8-5-4-7-20(23)2)15-6-16-31(27)19-24-13-14-25(29)17-26(24)28/h4-5,7-14,17,27H,3,6,15-16,18-19H2,1-2H3/t27-/m1/s1. The van der Waals surface area contributed by atoms with Gasteiger partial charge in [0.05, 0.1) is 6.17 Å². The van der Waals surface area contributed by atoms with Crippen LogP contribution in [0.25, 0.3) is 0 Å². The molecule has 0 radical (unpaired) electrons. The highest BCUT2D eigenvalue weighted by Crippen LogP contribution is 2.33. The van der Waals surface area contributed by atoms with Crippen LogP contribution in [0.4, 0.5) is 4.39 Å². The Morgan fingerprint density at radius 2 is 1.58 bits per heavy atom. The van der Waals surface area contributed by atoms with Gasteiger partial charge in [-0.1, -0.05) is 73.1 Å². The third-order valence-corrected chi connectivity index (χ3v) is 6.64. The minimum absolute atomic E-state index is 0.153. The van der Waals surface area contributed by atoms with Crippen molar-refractivity contribution >= 4 is 11.6 Å². The minimum atomic E-state index is -0.291. The SMILES string of the molecule is CCc1ccc([C@@H]2N(Cc3ccccc3C)CCCN2Cc2ccc(F)cc2Cl)cc1. The average Bonchev–Trinajstić information content (AvgIpc) is 2.78. The fraction of sp³-hybridized carbons (Fsp3) is 0.333. The summed E-state index contributed by atoms with van der Waals surface area (Å²) in [7, 11) is 0. The highest BCUT2D eigenvalue weighted by Gasteiger charge is 2.31. The second kappa shape index (κ2) is 9.95. The van der Waals surface area contributed by atoms with Crippen molar-refractivity contribution in [2.24, 2.45) is 0 Å². The summed E-state index contributed by atoms with van der Waals surface area (Å²) in [5.41, 5.74) is 6.29. The van der Waals surface area contributed by atoms with E-state index in [2.05, 4.69) is 72.2 Å². The first kappa shape index (κ1) is 22.0. The number of rotatable bonds is 6. The monoisotopic (exact) mass is 436 g/mol. The molecule has 0 spiro atoms. The summed E-state index contributed by atoms with van der Waals surface area (Å²) in [6.07, 6.45) is 2.28. The zero-order valence-corrected chi connectivity index (χ0v) is 19.1. The van der Waals surface area contributed by atoms with Gasteiger partial charge < -0.3 is 0 Å². The lowest BCUT2D eigenvalue weighted by molar-refractivity contribution is -0.00918. The highest BCUT2D eigenvalue weighted by atomic mass is 35.5. The Morgan fingerprint density at radius 1 is 0.903 bits per heavy atom. The van der Waals surface area contributed by atoms with E-state index in [1.807, 2.05) is 6.07 Å². The van der Waals surface area contributed by atoms with Gasteiger partial charge in [0.1, 0.15) is 5.82 Å². The molecule has 0 aliphatic carbocycles. The van der Waals surface area contributed by atoms with Gasteiger partial charge in [0.15, 0.2) is 0 Å². The Labute approximate surface area is 190 Å². The molecule has 0 saturated carbocycles. The quantitative estimate of drug-likeness (QED) is 0.421. The van der Waals surface area contributed by atoms with Crippen LogP contribution in [0.15, 0.2) is 66.7 Å². The van der Waals surface area contributed by atoms with Gasteiger partial charge in [0, 0.05) is 31.2 Å². The molecule has 1 fully saturated rings. The molecule has 1 aliphatic heterocycles. The summed E-state index contributed by atoms with van der Waals surface area (Å²) in [6.45, 7) is 7.99. The molecule has 0 aromatic heterocycles. The summed E-state index contributed by atoms with van der Waals surface area (Å²) < 4.78 is 13.6. The predicted octanol–water partition coefficient (Wildman–Crippen LogP) is 6.76. The number of hydrogen-bond acceptors (Lipinski definition) is 2. The number of nitrogens with zero attached hydrogens (tertiary/aromatic N) is 2. The second-order valence-electron chi connectivity index (χ2n) is 8.43. The lowest BCUT2D eigenvalue weighted by Crippen LogP contribution is -2.47. The van der Waals surface area contributed by atoms with Crippen LogP contribution in [-0.2, 0) is 19.5 Å². The van der Waals surface area contributed by atoms with Gasteiger partial charge in [-0.15, -0.1) is 0 Å². The second-order valence-corrected chi connectivity index (χ2v) is 8.83. The molecule has 0 amide bonds. The fourth-order valence-corrected chi connectivity index (χ4v) is 4.73. The van der Waals surface area contributed by atoms with E-state index in [1.165, 1.54) is 34.4 Å². The van der Waals surface area contributed by atoms with E-state index in [1.54, 1.807) is 0 Å². The normalized spacial score (nSPS) is 17.7. The topological polar surface area (TPSA) is 6.48 Å². The van der Waals surface area contributed by atoms with Crippen molar-refractivity contribution in [3.63, 3.8) is 0 Å². The van der Waals surface area contributed by atoms with Gasteiger partial charge >= 0.3 is 0 Å². The molecule has 2 nitrogen and oxygen atoms in total. The first-order chi connectivity index (χ1) is 15.0. The maximum absolute atomic E-state index is 13.6. The summed E-state index contributed by atoms with van der Waals surface area (Å²) in [5.74, 6) is -0.291. The highest BCUT2D eigenvalue weighted by molar-refractivity contribution is 6.31. The number of halogens is 2. The third kappa shape index (κ3) is 5.17. The Balaban J connectivity index is 1.67. The van der Waals surface area contributed by atoms with Crippen molar-refractivity contribution in [1.82, 2.24) is 9.80 Å². The van der Waals surface area contributed by atoms with E-state index in [0.717, 1.165) is 38.0 Å². The average molecular weight is 437 g/mol. The van der Waals surface area contributed by atoms with E-state index in [-0.39, 0.29) is 12.0 Å². The fourth-order valence-electron chi connectivity index (χ4n) is 4.51. The molecule has 4 heteroatoms. The van der Waals surface area contributed by atoms with Crippen molar-refractivity contribution in [2.75, 3.05) is 13.1 Å². The van der Waals surface area contributed by atoms with Crippen molar-refractivity contribution in [2.45, 2.75) is 45.9 Å². The van der Waals surface area contributed by atoms with Crippen LogP contribution in [-0.4, -0.2) is 22.9 Å². The summed E-state index contributed by atoms with van der Waals surface area (Å²) in [4.78, 5) is 5.03. The van der Waals surface area contributed by atoms with Gasteiger partial charge in [-0.25, -0.2) is 4.39 Å². The predicted molar refractivity (Wildman–Crippen MR) is 127 cm³/mol. The maximum atomic E-state index is 13.6. The zero-order chi connectivity index (χ0) is 21.8. The van der Waals surface area contributed by atoms with E-state index in [4.69, 9.17) is 11.6 Å². The Morgan fingerprint density at radius 3 is 2.23 bits per heavy atom. The molecule has 0 N–H and O–H groups in total. The first-order valence-corrected chi connectivity index (χ1v) is 11.5. The van der Waals surface area contributed by atoms with Gasteiger partial charge in [-0.05, 0) is 59.7 Å².